The maximum Gasteiger partial charge on any atom is 0.118 e. The van der Waals surface area contributed by atoms with Crippen molar-refractivity contribution < 1.29 is 9.47 Å². The number of fused-ring (bicyclic) bond motifs is 1. The molecule has 0 N–H and O–H groups in total. The number of nitrogens with zero attached hydrogens (tertiary/aromatic N) is 2. The Kier molecular flexibility index (Phi) is 4.70. The third-order valence-electron chi connectivity index (χ3n) is 5.01. The number of methoxy groups -OCH3 is 2. The minimum absolute atomic E-state index is 0.815. The number of benzene rings is 3. The summed E-state index contributed by atoms with van der Waals surface area (Å²) in [6.07, 6.45) is 0. The molecule has 0 saturated heterocycles. The molecule has 0 aliphatic heterocycles. The molecule has 0 aliphatic carbocycles. The van der Waals surface area contributed by atoms with Crippen LogP contribution in [0.3, 0.4) is 0 Å². The molecule has 0 atom stereocenters. The second-order valence-corrected chi connectivity index (χ2v) is 6.80. The summed E-state index contributed by atoms with van der Waals surface area (Å²) in [7, 11) is 3.33. The summed E-state index contributed by atoms with van der Waals surface area (Å²) >= 11 is 0. The zero-order chi connectivity index (χ0) is 19.7. The van der Waals surface area contributed by atoms with Gasteiger partial charge in [0.15, 0.2) is 0 Å². The maximum atomic E-state index is 5.29. The highest BCUT2D eigenvalue weighted by molar-refractivity contribution is 5.87. The van der Waals surface area contributed by atoms with E-state index in [0.29, 0.717) is 0 Å². The Balaban J connectivity index is 1.96. The van der Waals surface area contributed by atoms with Gasteiger partial charge in [-0.2, -0.15) is 0 Å². The predicted molar refractivity (Wildman–Crippen MR) is 113 cm³/mol. The van der Waals surface area contributed by atoms with Gasteiger partial charge in [-0.05, 0) is 85.6 Å². The molecule has 0 aliphatic rings. The second-order valence-electron chi connectivity index (χ2n) is 6.80. The molecule has 1 heterocycles. The summed E-state index contributed by atoms with van der Waals surface area (Å²) in [6, 6.07) is 20.0. The summed E-state index contributed by atoms with van der Waals surface area (Å²) in [5, 5.41) is 0. The van der Waals surface area contributed by atoms with Crippen LogP contribution in [0.15, 0.2) is 60.7 Å². The fourth-order valence-electron chi connectivity index (χ4n) is 3.21. The van der Waals surface area contributed by atoms with Crippen LogP contribution in [-0.4, -0.2) is 24.2 Å². The number of hydrogen-bond donors (Lipinski definition) is 0. The summed E-state index contributed by atoms with van der Waals surface area (Å²) in [6.45, 7) is 4.20. The lowest BCUT2D eigenvalue weighted by Crippen LogP contribution is -1.97. The van der Waals surface area contributed by atoms with E-state index in [1.165, 1.54) is 11.1 Å². The van der Waals surface area contributed by atoms with E-state index < -0.39 is 0 Å². The molecule has 0 unspecified atom stereocenters. The van der Waals surface area contributed by atoms with E-state index in [2.05, 4.69) is 26.0 Å². The molecule has 1 aromatic heterocycles. The highest BCUT2D eigenvalue weighted by Gasteiger charge is 2.14. The Morgan fingerprint density at radius 3 is 1.25 bits per heavy atom. The minimum Gasteiger partial charge on any atom is -0.497 e. The van der Waals surface area contributed by atoms with Gasteiger partial charge in [0.25, 0.3) is 0 Å². The predicted octanol–water partition coefficient (Wildman–Crippen LogP) is 5.60. The Bertz CT molecular complexity index is 1040. The van der Waals surface area contributed by atoms with Gasteiger partial charge in [-0.15, -0.1) is 0 Å². The lowest BCUT2D eigenvalue weighted by molar-refractivity contribution is 0.414. The quantitative estimate of drug-likeness (QED) is 0.469. The number of rotatable bonds is 4. The van der Waals surface area contributed by atoms with Gasteiger partial charge in [0.2, 0.25) is 0 Å². The summed E-state index contributed by atoms with van der Waals surface area (Å²) in [5.74, 6) is 1.63. The standard InChI is InChI=1S/C24H22N2O2/c1-15-13-21-22(14-16(15)2)26-24(18-7-11-20(28-4)12-8-18)23(25-21)17-5-9-19(27-3)10-6-17/h5-14H,1-4H3. The van der Waals surface area contributed by atoms with Crippen LogP contribution in [0.2, 0.25) is 0 Å². The first kappa shape index (κ1) is 18.0. The van der Waals surface area contributed by atoms with Gasteiger partial charge < -0.3 is 9.47 Å². The van der Waals surface area contributed by atoms with Gasteiger partial charge in [0, 0.05) is 11.1 Å². The third kappa shape index (κ3) is 3.29. The zero-order valence-corrected chi connectivity index (χ0v) is 16.5. The average molecular weight is 370 g/mol. The smallest absolute Gasteiger partial charge is 0.118 e. The fourth-order valence-corrected chi connectivity index (χ4v) is 3.21. The third-order valence-corrected chi connectivity index (χ3v) is 5.01. The molecule has 3 aromatic carbocycles. The van der Waals surface area contributed by atoms with Crippen LogP contribution >= 0.6 is 0 Å². The van der Waals surface area contributed by atoms with Crippen LogP contribution in [0.25, 0.3) is 33.5 Å². The highest BCUT2D eigenvalue weighted by atomic mass is 16.5. The molecule has 0 bridgehead atoms. The normalized spacial score (nSPS) is 10.9. The van der Waals surface area contributed by atoms with Crippen molar-refractivity contribution in [3.05, 3.63) is 71.8 Å². The van der Waals surface area contributed by atoms with Crippen LogP contribution in [0.1, 0.15) is 11.1 Å². The molecule has 28 heavy (non-hydrogen) atoms. The Morgan fingerprint density at radius 1 is 0.571 bits per heavy atom. The molecule has 0 spiro atoms. The number of aryl methyl sites for hydroxylation is 2. The highest BCUT2D eigenvalue weighted by Crippen LogP contribution is 2.33. The molecular weight excluding hydrogens is 348 g/mol. The first-order valence-corrected chi connectivity index (χ1v) is 9.17. The maximum absolute atomic E-state index is 5.29. The van der Waals surface area contributed by atoms with E-state index in [-0.39, 0.29) is 0 Å². The van der Waals surface area contributed by atoms with Crippen molar-refractivity contribution in [3.8, 4) is 34.0 Å². The van der Waals surface area contributed by atoms with Crippen LogP contribution in [0, 0.1) is 13.8 Å². The van der Waals surface area contributed by atoms with Gasteiger partial charge in [0.05, 0.1) is 36.6 Å². The van der Waals surface area contributed by atoms with E-state index in [1.807, 2.05) is 48.5 Å². The van der Waals surface area contributed by atoms with E-state index >= 15 is 0 Å². The second kappa shape index (κ2) is 7.31. The summed E-state index contributed by atoms with van der Waals surface area (Å²) < 4.78 is 10.6. The molecule has 4 nitrogen and oxygen atoms in total. The largest absolute Gasteiger partial charge is 0.497 e. The Labute approximate surface area is 164 Å². The Morgan fingerprint density at radius 2 is 0.929 bits per heavy atom. The molecule has 0 fully saturated rings. The summed E-state index contributed by atoms with van der Waals surface area (Å²) in [4.78, 5) is 9.97. The van der Waals surface area contributed by atoms with Crippen molar-refractivity contribution in [2.24, 2.45) is 0 Å². The van der Waals surface area contributed by atoms with Crippen LogP contribution in [0.4, 0.5) is 0 Å². The molecule has 140 valence electrons. The van der Waals surface area contributed by atoms with Crippen molar-refractivity contribution in [2.45, 2.75) is 13.8 Å². The fraction of sp³-hybridized carbons (Fsp3) is 0.167. The molecule has 4 heteroatoms. The molecule has 0 radical (unpaired) electrons. The van der Waals surface area contributed by atoms with Crippen molar-refractivity contribution in [3.63, 3.8) is 0 Å². The van der Waals surface area contributed by atoms with Crippen LogP contribution in [-0.2, 0) is 0 Å². The van der Waals surface area contributed by atoms with E-state index in [9.17, 15) is 0 Å². The van der Waals surface area contributed by atoms with Gasteiger partial charge in [-0.1, -0.05) is 0 Å². The molecule has 0 saturated carbocycles. The topological polar surface area (TPSA) is 44.2 Å². The van der Waals surface area contributed by atoms with E-state index in [1.54, 1.807) is 14.2 Å². The monoisotopic (exact) mass is 370 g/mol. The molecule has 4 aromatic rings. The first-order valence-electron chi connectivity index (χ1n) is 9.17. The number of hydrogen-bond acceptors (Lipinski definition) is 4. The van der Waals surface area contributed by atoms with Crippen molar-refractivity contribution in [1.82, 2.24) is 9.97 Å². The SMILES string of the molecule is COc1ccc(-c2nc3cc(C)c(C)cc3nc2-c2ccc(OC)cc2)cc1. The van der Waals surface area contributed by atoms with Gasteiger partial charge in [0.1, 0.15) is 11.5 Å². The lowest BCUT2D eigenvalue weighted by atomic mass is 10.0. The van der Waals surface area contributed by atoms with E-state index in [0.717, 1.165) is 45.0 Å². The molecule has 0 amide bonds. The minimum atomic E-state index is 0.815. The van der Waals surface area contributed by atoms with E-state index in [4.69, 9.17) is 19.4 Å². The van der Waals surface area contributed by atoms with Crippen LogP contribution < -0.4 is 9.47 Å². The Hall–Kier alpha value is -3.40. The number of aromatic nitrogens is 2. The van der Waals surface area contributed by atoms with Gasteiger partial charge in [-0.3, -0.25) is 0 Å². The lowest BCUT2D eigenvalue weighted by Gasteiger charge is -2.12. The first-order chi connectivity index (χ1) is 13.6. The zero-order valence-electron chi connectivity index (χ0n) is 16.5. The number of ether oxygens (including phenoxy) is 2. The van der Waals surface area contributed by atoms with Crippen molar-refractivity contribution in [2.75, 3.05) is 14.2 Å². The van der Waals surface area contributed by atoms with Crippen molar-refractivity contribution in [1.29, 1.82) is 0 Å². The van der Waals surface area contributed by atoms with Crippen LogP contribution in [0.5, 0.6) is 11.5 Å². The summed E-state index contributed by atoms with van der Waals surface area (Å²) in [5.41, 5.74) is 7.90. The molecular formula is C24H22N2O2. The molecule has 4 rings (SSSR count). The van der Waals surface area contributed by atoms with Crippen molar-refractivity contribution >= 4 is 11.0 Å². The average Bonchev–Trinajstić information content (AvgIpc) is 2.74. The van der Waals surface area contributed by atoms with Gasteiger partial charge >= 0.3 is 0 Å². The van der Waals surface area contributed by atoms with Gasteiger partial charge in [-0.25, -0.2) is 9.97 Å².